The van der Waals surface area contributed by atoms with E-state index in [0.717, 1.165) is 0 Å². The Balaban J connectivity index is 2.96. The predicted molar refractivity (Wildman–Crippen MR) is 55.8 cm³/mol. The van der Waals surface area contributed by atoms with Crippen LogP contribution < -0.4 is 5.56 Å². The molecule has 1 rings (SSSR count). The zero-order chi connectivity index (χ0) is 10.6. The van der Waals surface area contributed by atoms with E-state index in [1.54, 1.807) is 0 Å². The second-order valence-corrected chi connectivity index (χ2v) is 3.20. The first-order valence-corrected chi connectivity index (χ1v) is 4.74. The summed E-state index contributed by atoms with van der Waals surface area (Å²) in [5.41, 5.74) is -0.291. The van der Waals surface area contributed by atoms with Crippen molar-refractivity contribution >= 4 is 18.3 Å². The smallest absolute Gasteiger partial charge is 0.285 e. The molecule has 0 unspecified atom stereocenters. The number of hydrogen-bond acceptors (Lipinski definition) is 4. The molecule has 5 nitrogen and oxygen atoms in total. The molecule has 0 aromatic carbocycles. The molecule has 0 radical (unpaired) electrons. The van der Waals surface area contributed by atoms with E-state index in [0.29, 0.717) is 18.7 Å². The van der Waals surface area contributed by atoms with Crippen molar-refractivity contribution in [3.05, 3.63) is 38.8 Å². The van der Waals surface area contributed by atoms with Crippen LogP contribution in [0.1, 0.15) is 6.42 Å². The first-order chi connectivity index (χ1) is 6.65. The number of hydrogen-bond donors (Lipinski definition) is 1. The van der Waals surface area contributed by atoms with Crippen molar-refractivity contribution in [3.63, 3.8) is 0 Å². The molecule has 0 spiro atoms. The maximum absolute atomic E-state index is 11.2. The fourth-order valence-electron chi connectivity index (χ4n) is 1.04. The SMILES string of the molecule is O=c1ccc([N+](=O)[O-])cn1CCCS. The van der Waals surface area contributed by atoms with Gasteiger partial charge in [-0.15, -0.1) is 0 Å². The average Bonchev–Trinajstić information content (AvgIpc) is 2.16. The molecule has 0 atom stereocenters. The predicted octanol–water partition coefficient (Wildman–Crippen LogP) is 1.08. The number of rotatable bonds is 4. The van der Waals surface area contributed by atoms with Crippen LogP contribution in [0.5, 0.6) is 0 Å². The highest BCUT2D eigenvalue weighted by molar-refractivity contribution is 7.80. The third kappa shape index (κ3) is 2.59. The number of aryl methyl sites for hydroxylation is 1. The van der Waals surface area contributed by atoms with Crippen LogP contribution in [0.2, 0.25) is 0 Å². The van der Waals surface area contributed by atoms with Gasteiger partial charge < -0.3 is 4.57 Å². The van der Waals surface area contributed by atoms with E-state index < -0.39 is 4.92 Å². The normalized spacial score (nSPS) is 10.1. The third-order valence-corrected chi connectivity index (χ3v) is 2.05. The molecule has 76 valence electrons. The quantitative estimate of drug-likeness (QED) is 0.463. The average molecular weight is 214 g/mol. The fourth-order valence-corrected chi connectivity index (χ4v) is 1.18. The third-order valence-electron chi connectivity index (χ3n) is 1.74. The molecule has 1 aromatic heterocycles. The lowest BCUT2D eigenvalue weighted by Crippen LogP contribution is -2.19. The topological polar surface area (TPSA) is 65.1 Å². The van der Waals surface area contributed by atoms with Crippen molar-refractivity contribution in [3.8, 4) is 0 Å². The van der Waals surface area contributed by atoms with Crippen molar-refractivity contribution in [2.45, 2.75) is 13.0 Å². The van der Waals surface area contributed by atoms with Crippen LogP contribution in [0.15, 0.2) is 23.1 Å². The molecule has 6 heteroatoms. The highest BCUT2D eigenvalue weighted by atomic mass is 32.1. The van der Waals surface area contributed by atoms with Crippen molar-refractivity contribution in [1.29, 1.82) is 0 Å². The molecule has 0 amide bonds. The molecular formula is C8H10N2O3S. The number of nitrogens with zero attached hydrogens (tertiary/aromatic N) is 2. The van der Waals surface area contributed by atoms with Crippen molar-refractivity contribution < 1.29 is 4.92 Å². The van der Waals surface area contributed by atoms with Crippen LogP contribution >= 0.6 is 12.6 Å². The Bertz CT molecular complexity index is 388. The molecular weight excluding hydrogens is 204 g/mol. The van der Waals surface area contributed by atoms with E-state index in [1.807, 2.05) is 0 Å². The van der Waals surface area contributed by atoms with E-state index in [9.17, 15) is 14.9 Å². The summed E-state index contributed by atoms with van der Waals surface area (Å²) in [5, 5.41) is 10.4. The Kier molecular flexibility index (Phi) is 3.70. The van der Waals surface area contributed by atoms with E-state index in [1.165, 1.54) is 22.9 Å². The molecule has 0 aliphatic carbocycles. The van der Waals surface area contributed by atoms with E-state index in [4.69, 9.17) is 0 Å². The lowest BCUT2D eigenvalue weighted by atomic mass is 10.4. The molecule has 14 heavy (non-hydrogen) atoms. The largest absolute Gasteiger partial charge is 0.309 e. The molecule has 0 N–H and O–H groups in total. The van der Waals surface area contributed by atoms with Gasteiger partial charge >= 0.3 is 0 Å². The summed E-state index contributed by atoms with van der Waals surface area (Å²) in [7, 11) is 0. The number of aromatic nitrogens is 1. The Labute approximate surface area is 85.9 Å². The highest BCUT2D eigenvalue weighted by Crippen LogP contribution is 2.06. The second kappa shape index (κ2) is 4.80. The maximum Gasteiger partial charge on any atom is 0.285 e. The van der Waals surface area contributed by atoms with Crippen LogP contribution in [-0.2, 0) is 6.54 Å². The first kappa shape index (κ1) is 10.8. The van der Waals surface area contributed by atoms with Gasteiger partial charge in [-0.1, -0.05) is 0 Å². The first-order valence-electron chi connectivity index (χ1n) is 4.11. The highest BCUT2D eigenvalue weighted by Gasteiger charge is 2.06. The van der Waals surface area contributed by atoms with Gasteiger partial charge in [-0.25, -0.2) is 0 Å². The van der Waals surface area contributed by atoms with Gasteiger partial charge in [0.15, 0.2) is 0 Å². The summed E-state index contributed by atoms with van der Waals surface area (Å²) in [6, 6.07) is 2.41. The van der Waals surface area contributed by atoms with Crippen LogP contribution in [0.4, 0.5) is 5.69 Å². The summed E-state index contributed by atoms with van der Waals surface area (Å²) in [6.07, 6.45) is 1.97. The van der Waals surface area contributed by atoms with Gasteiger partial charge in [0, 0.05) is 18.7 Å². The Morgan fingerprint density at radius 3 is 2.79 bits per heavy atom. The molecule has 0 bridgehead atoms. The van der Waals surface area contributed by atoms with Gasteiger partial charge in [-0.3, -0.25) is 14.9 Å². The number of thiol groups is 1. The van der Waals surface area contributed by atoms with Crippen molar-refractivity contribution in [2.75, 3.05) is 5.75 Å². The summed E-state index contributed by atoms with van der Waals surface area (Å²) in [6.45, 7) is 0.462. The minimum Gasteiger partial charge on any atom is -0.309 e. The summed E-state index contributed by atoms with van der Waals surface area (Å²) < 4.78 is 1.33. The Morgan fingerprint density at radius 1 is 1.50 bits per heavy atom. The molecule has 1 heterocycles. The van der Waals surface area contributed by atoms with E-state index in [2.05, 4.69) is 12.6 Å². The molecule has 0 saturated heterocycles. The monoisotopic (exact) mass is 214 g/mol. The van der Waals surface area contributed by atoms with Crippen LogP contribution in [-0.4, -0.2) is 15.2 Å². The van der Waals surface area contributed by atoms with Gasteiger partial charge in [-0.05, 0) is 12.2 Å². The lowest BCUT2D eigenvalue weighted by Gasteiger charge is -2.02. The zero-order valence-corrected chi connectivity index (χ0v) is 8.31. The van der Waals surface area contributed by atoms with Crippen LogP contribution in [0, 0.1) is 10.1 Å². The molecule has 0 aliphatic rings. The molecule has 0 aliphatic heterocycles. The van der Waals surface area contributed by atoms with Gasteiger partial charge in [0.1, 0.15) is 0 Å². The maximum atomic E-state index is 11.2. The zero-order valence-electron chi connectivity index (χ0n) is 7.42. The molecule has 1 aromatic rings. The molecule has 0 saturated carbocycles. The Morgan fingerprint density at radius 2 is 2.21 bits per heavy atom. The lowest BCUT2D eigenvalue weighted by molar-refractivity contribution is -0.385. The van der Waals surface area contributed by atoms with Crippen molar-refractivity contribution in [2.24, 2.45) is 0 Å². The van der Waals surface area contributed by atoms with E-state index in [-0.39, 0.29) is 11.2 Å². The van der Waals surface area contributed by atoms with Crippen molar-refractivity contribution in [1.82, 2.24) is 4.57 Å². The van der Waals surface area contributed by atoms with Gasteiger partial charge in [0.2, 0.25) is 0 Å². The van der Waals surface area contributed by atoms with Gasteiger partial charge in [0.05, 0.1) is 11.1 Å². The number of nitro groups is 1. The molecule has 0 fully saturated rings. The van der Waals surface area contributed by atoms with Crippen LogP contribution in [0.25, 0.3) is 0 Å². The Hall–Kier alpha value is -1.30. The van der Waals surface area contributed by atoms with Crippen LogP contribution in [0.3, 0.4) is 0 Å². The fraction of sp³-hybridized carbons (Fsp3) is 0.375. The summed E-state index contributed by atoms with van der Waals surface area (Å²) in [5.74, 6) is 0.648. The van der Waals surface area contributed by atoms with Gasteiger partial charge in [-0.2, -0.15) is 12.6 Å². The van der Waals surface area contributed by atoms with E-state index >= 15 is 0 Å². The summed E-state index contributed by atoms with van der Waals surface area (Å²) in [4.78, 5) is 21.1. The number of pyridine rings is 1. The minimum atomic E-state index is -0.517. The minimum absolute atomic E-state index is 0.0660. The summed E-state index contributed by atoms with van der Waals surface area (Å²) >= 11 is 4.00. The second-order valence-electron chi connectivity index (χ2n) is 2.75. The van der Waals surface area contributed by atoms with Gasteiger partial charge in [0.25, 0.3) is 11.2 Å². The standard InChI is InChI=1S/C8H10N2O3S/c11-8-3-2-7(10(12)13)6-9(8)4-1-5-14/h2-3,6,14H,1,4-5H2.